The molecule has 0 aliphatic carbocycles. The topological polar surface area (TPSA) is 51.6 Å². The van der Waals surface area contributed by atoms with Crippen molar-refractivity contribution >= 4 is 12.6 Å². The Balaban J connectivity index is 2.45. The molecule has 1 aromatic heterocycles. The van der Waals surface area contributed by atoms with Crippen LogP contribution in [0.1, 0.15) is 52.0 Å². The molecule has 4 nitrogen and oxygen atoms in total. The number of pyridine rings is 1. The van der Waals surface area contributed by atoms with Crippen LogP contribution in [-0.2, 0) is 9.31 Å². The minimum Gasteiger partial charge on any atom is -0.399 e. The minimum atomic E-state index is -0.645. The van der Waals surface area contributed by atoms with Crippen molar-refractivity contribution in [1.82, 2.24) is 4.98 Å². The van der Waals surface area contributed by atoms with Crippen LogP contribution in [0.25, 0.3) is 0 Å². The van der Waals surface area contributed by atoms with Gasteiger partial charge in [-0.25, -0.2) is 0 Å². The third-order valence-electron chi connectivity index (χ3n) is 4.12. The predicted octanol–water partition coefficient (Wildman–Crippen LogP) is 1.74. The van der Waals surface area contributed by atoms with Gasteiger partial charge in [0, 0.05) is 11.7 Å². The SMILES string of the molecule is Cc1ccnc(C(C)O)c1B1OC(C)(C)C(C)(C)O1. The zero-order valence-electron chi connectivity index (χ0n) is 12.5. The Labute approximate surface area is 115 Å². The van der Waals surface area contributed by atoms with Gasteiger partial charge in [-0.15, -0.1) is 0 Å². The lowest BCUT2D eigenvalue weighted by Crippen LogP contribution is -2.41. The van der Waals surface area contributed by atoms with Crippen molar-refractivity contribution < 1.29 is 14.4 Å². The highest BCUT2D eigenvalue weighted by atomic mass is 16.7. The second-order valence-electron chi connectivity index (χ2n) is 6.19. The first-order valence-electron chi connectivity index (χ1n) is 6.65. The van der Waals surface area contributed by atoms with Crippen molar-refractivity contribution in [2.45, 2.75) is 58.8 Å². The molecule has 1 atom stereocenters. The van der Waals surface area contributed by atoms with Crippen molar-refractivity contribution in [3.05, 3.63) is 23.5 Å². The molecule has 19 heavy (non-hydrogen) atoms. The summed E-state index contributed by atoms with van der Waals surface area (Å²) >= 11 is 0. The number of hydrogen-bond acceptors (Lipinski definition) is 4. The van der Waals surface area contributed by atoms with Gasteiger partial charge in [-0.1, -0.05) is 0 Å². The van der Waals surface area contributed by atoms with Gasteiger partial charge >= 0.3 is 7.12 Å². The van der Waals surface area contributed by atoms with E-state index in [1.807, 2.05) is 40.7 Å². The quantitative estimate of drug-likeness (QED) is 0.826. The van der Waals surface area contributed by atoms with E-state index in [0.717, 1.165) is 11.0 Å². The van der Waals surface area contributed by atoms with E-state index >= 15 is 0 Å². The van der Waals surface area contributed by atoms with Gasteiger partial charge in [-0.05, 0) is 53.2 Å². The summed E-state index contributed by atoms with van der Waals surface area (Å²) in [6.07, 6.45) is 1.06. The van der Waals surface area contributed by atoms with Gasteiger partial charge < -0.3 is 14.4 Å². The first kappa shape index (κ1) is 14.5. The van der Waals surface area contributed by atoms with Crippen LogP contribution in [0, 0.1) is 6.92 Å². The summed E-state index contributed by atoms with van der Waals surface area (Å²) < 4.78 is 12.1. The maximum atomic E-state index is 9.88. The summed E-state index contributed by atoms with van der Waals surface area (Å²) in [6, 6.07) is 1.91. The van der Waals surface area contributed by atoms with Gasteiger partial charge in [-0.3, -0.25) is 4.98 Å². The molecule has 0 radical (unpaired) electrons. The number of rotatable bonds is 2. The normalized spacial score (nSPS) is 22.6. The molecule has 1 fully saturated rings. The van der Waals surface area contributed by atoms with Gasteiger partial charge in [0.15, 0.2) is 0 Å². The Hall–Kier alpha value is -0.905. The molecule has 1 unspecified atom stereocenters. The standard InChI is InChI=1S/C14H22BNO3/c1-9-7-8-16-12(10(2)17)11(9)15-18-13(3,4)14(5,6)19-15/h7-8,10,17H,1-6H3. The summed E-state index contributed by atoms with van der Waals surface area (Å²) in [5, 5.41) is 9.88. The molecule has 1 saturated heterocycles. The Morgan fingerprint density at radius 2 is 1.74 bits per heavy atom. The highest BCUT2D eigenvalue weighted by Gasteiger charge is 2.52. The number of aliphatic hydroxyl groups is 1. The lowest BCUT2D eigenvalue weighted by atomic mass is 9.74. The highest BCUT2D eigenvalue weighted by molar-refractivity contribution is 6.63. The Morgan fingerprint density at radius 1 is 1.21 bits per heavy atom. The maximum absolute atomic E-state index is 9.88. The second-order valence-corrected chi connectivity index (χ2v) is 6.19. The number of aryl methyl sites for hydroxylation is 1. The molecule has 1 N–H and O–H groups in total. The van der Waals surface area contributed by atoms with Crippen molar-refractivity contribution in [3.8, 4) is 0 Å². The third kappa shape index (κ3) is 2.42. The van der Waals surface area contributed by atoms with Crippen LogP contribution in [0.2, 0.25) is 0 Å². The van der Waals surface area contributed by atoms with E-state index in [4.69, 9.17) is 9.31 Å². The Bertz CT molecular complexity index is 470. The van der Waals surface area contributed by atoms with E-state index in [-0.39, 0.29) is 0 Å². The Kier molecular flexibility index (Phi) is 3.50. The average molecular weight is 263 g/mol. The molecule has 104 valence electrons. The average Bonchev–Trinajstić information content (AvgIpc) is 2.47. The third-order valence-corrected chi connectivity index (χ3v) is 4.12. The van der Waals surface area contributed by atoms with Crippen molar-refractivity contribution in [3.63, 3.8) is 0 Å². The lowest BCUT2D eigenvalue weighted by molar-refractivity contribution is 0.00578. The monoisotopic (exact) mass is 263 g/mol. The number of hydrogen-bond donors (Lipinski definition) is 1. The molecular weight excluding hydrogens is 241 g/mol. The largest absolute Gasteiger partial charge is 0.497 e. The van der Waals surface area contributed by atoms with Gasteiger partial charge in [0.1, 0.15) is 0 Å². The summed E-state index contributed by atoms with van der Waals surface area (Å²) in [7, 11) is -0.483. The zero-order chi connectivity index (χ0) is 14.4. The predicted molar refractivity (Wildman–Crippen MR) is 75.3 cm³/mol. The highest BCUT2D eigenvalue weighted by Crippen LogP contribution is 2.37. The molecule has 1 aromatic rings. The minimum absolute atomic E-state index is 0.393. The molecule has 1 aliphatic heterocycles. The van der Waals surface area contributed by atoms with Gasteiger partial charge in [-0.2, -0.15) is 0 Å². The van der Waals surface area contributed by atoms with Crippen LogP contribution >= 0.6 is 0 Å². The number of aliphatic hydroxyl groups excluding tert-OH is 1. The van der Waals surface area contributed by atoms with E-state index in [9.17, 15) is 5.11 Å². The fourth-order valence-electron chi connectivity index (χ4n) is 2.19. The summed E-state index contributed by atoms with van der Waals surface area (Å²) in [5.74, 6) is 0. The fraction of sp³-hybridized carbons (Fsp3) is 0.643. The smallest absolute Gasteiger partial charge is 0.399 e. The van der Waals surface area contributed by atoms with E-state index in [1.165, 1.54) is 0 Å². The van der Waals surface area contributed by atoms with Gasteiger partial charge in [0.2, 0.25) is 0 Å². The molecule has 0 amide bonds. The number of aromatic nitrogens is 1. The van der Waals surface area contributed by atoms with Crippen LogP contribution in [0.15, 0.2) is 12.3 Å². The van der Waals surface area contributed by atoms with E-state index < -0.39 is 24.4 Å². The molecule has 0 spiro atoms. The van der Waals surface area contributed by atoms with E-state index in [0.29, 0.717) is 5.69 Å². The van der Waals surface area contributed by atoms with Crippen molar-refractivity contribution in [2.75, 3.05) is 0 Å². The first-order chi connectivity index (χ1) is 8.66. The zero-order valence-corrected chi connectivity index (χ0v) is 12.5. The molecule has 5 heteroatoms. The van der Waals surface area contributed by atoms with Gasteiger partial charge in [0.25, 0.3) is 0 Å². The molecule has 2 rings (SSSR count). The first-order valence-corrected chi connectivity index (χ1v) is 6.65. The maximum Gasteiger partial charge on any atom is 0.497 e. The van der Waals surface area contributed by atoms with Crippen LogP contribution in [0.4, 0.5) is 0 Å². The lowest BCUT2D eigenvalue weighted by Gasteiger charge is -2.32. The van der Waals surface area contributed by atoms with Crippen LogP contribution < -0.4 is 5.46 Å². The van der Waals surface area contributed by atoms with Crippen molar-refractivity contribution in [1.29, 1.82) is 0 Å². The van der Waals surface area contributed by atoms with Crippen LogP contribution in [0.5, 0.6) is 0 Å². The fourth-order valence-corrected chi connectivity index (χ4v) is 2.19. The molecule has 1 aliphatic rings. The second kappa shape index (κ2) is 4.58. The van der Waals surface area contributed by atoms with Crippen LogP contribution in [0.3, 0.4) is 0 Å². The summed E-state index contributed by atoms with van der Waals surface area (Å²) in [6.45, 7) is 11.7. The summed E-state index contributed by atoms with van der Waals surface area (Å²) in [5.41, 5.74) is 1.70. The Morgan fingerprint density at radius 3 is 2.21 bits per heavy atom. The van der Waals surface area contributed by atoms with Gasteiger partial charge in [0.05, 0.1) is 23.0 Å². The molecule has 0 saturated carbocycles. The van der Waals surface area contributed by atoms with Crippen molar-refractivity contribution in [2.24, 2.45) is 0 Å². The van der Waals surface area contributed by atoms with E-state index in [2.05, 4.69) is 4.98 Å². The summed E-state index contributed by atoms with van der Waals surface area (Å²) in [4.78, 5) is 4.27. The number of nitrogens with zero attached hydrogens (tertiary/aromatic N) is 1. The molecule has 0 aromatic carbocycles. The molecule has 0 bridgehead atoms. The molecule has 2 heterocycles. The molecular formula is C14H22BNO3. The van der Waals surface area contributed by atoms with Crippen LogP contribution in [-0.4, -0.2) is 28.4 Å². The van der Waals surface area contributed by atoms with E-state index in [1.54, 1.807) is 13.1 Å².